The Balaban J connectivity index is 2.04. The zero-order valence-electron chi connectivity index (χ0n) is 19.6. The molecule has 0 fully saturated rings. The van der Waals surface area contributed by atoms with E-state index in [-0.39, 0.29) is 23.8 Å². The number of anilines is 1. The number of sulfonamides is 1. The Kier molecular flexibility index (Phi) is 10.4. The number of carbonyl (C=O) groups is 3. The Labute approximate surface area is 209 Å². The van der Waals surface area contributed by atoms with Gasteiger partial charge < -0.3 is 15.4 Å². The lowest BCUT2D eigenvalue weighted by atomic mass is 10.0. The van der Waals surface area contributed by atoms with Crippen molar-refractivity contribution in [3.05, 3.63) is 65.2 Å². The second-order valence-corrected chi connectivity index (χ2v) is 10.1. The minimum absolute atomic E-state index is 0.00472. The van der Waals surface area contributed by atoms with Gasteiger partial charge in [0.1, 0.15) is 12.6 Å². The Morgan fingerprint density at radius 3 is 2.23 bits per heavy atom. The number of hydrogen-bond acceptors (Lipinski definition) is 6. The van der Waals surface area contributed by atoms with Crippen LogP contribution in [0.25, 0.3) is 6.08 Å². The zero-order valence-corrected chi connectivity index (χ0v) is 21.2. The lowest BCUT2D eigenvalue weighted by molar-refractivity contribution is -0.141. The standard InChI is InChI=1S/C24H28ClN3O6S/c1-16(2)14-21(24(31)26-15-23(30)34-3)28-35(32,33)20-11-9-19(10-12-20)27-22(29)13-6-17-4-7-18(25)8-5-17/h4-13,16,21,28H,14-15H2,1-3H3,(H,26,31)(H,27,29)/b13-6+/t21-/m0/s1. The number of amides is 2. The Hall–Kier alpha value is -3.21. The summed E-state index contributed by atoms with van der Waals surface area (Å²) in [6.07, 6.45) is 3.19. The molecule has 0 bridgehead atoms. The molecule has 0 radical (unpaired) electrons. The number of methoxy groups -OCH3 is 1. The number of carbonyl (C=O) groups excluding carboxylic acids is 3. The van der Waals surface area contributed by atoms with Crippen molar-refractivity contribution in [1.29, 1.82) is 0 Å². The van der Waals surface area contributed by atoms with E-state index < -0.39 is 33.8 Å². The summed E-state index contributed by atoms with van der Waals surface area (Å²) in [6, 6.07) is 11.4. The van der Waals surface area contributed by atoms with Gasteiger partial charge >= 0.3 is 5.97 Å². The van der Waals surface area contributed by atoms with Crippen molar-refractivity contribution < 1.29 is 27.5 Å². The van der Waals surface area contributed by atoms with E-state index in [4.69, 9.17) is 11.6 Å². The second-order valence-electron chi connectivity index (χ2n) is 8.00. The monoisotopic (exact) mass is 521 g/mol. The molecule has 1 atom stereocenters. The molecule has 9 nitrogen and oxygen atoms in total. The molecule has 0 heterocycles. The highest BCUT2D eigenvalue weighted by atomic mass is 35.5. The van der Waals surface area contributed by atoms with Crippen molar-refractivity contribution >= 4 is 51.2 Å². The first-order valence-corrected chi connectivity index (χ1v) is 12.6. The van der Waals surface area contributed by atoms with Crippen LogP contribution in [0.1, 0.15) is 25.8 Å². The van der Waals surface area contributed by atoms with Crippen LogP contribution in [0.4, 0.5) is 5.69 Å². The van der Waals surface area contributed by atoms with E-state index in [9.17, 15) is 22.8 Å². The Morgan fingerprint density at radius 1 is 1.03 bits per heavy atom. The van der Waals surface area contributed by atoms with E-state index in [1.807, 2.05) is 13.8 Å². The Morgan fingerprint density at radius 2 is 1.66 bits per heavy atom. The van der Waals surface area contributed by atoms with Crippen molar-refractivity contribution in [3.63, 3.8) is 0 Å². The molecule has 0 aliphatic carbocycles. The minimum Gasteiger partial charge on any atom is -0.468 e. The van der Waals surface area contributed by atoms with Gasteiger partial charge in [0.15, 0.2) is 0 Å². The van der Waals surface area contributed by atoms with Crippen molar-refractivity contribution in [1.82, 2.24) is 10.0 Å². The number of nitrogens with one attached hydrogen (secondary N) is 3. The third-order valence-corrected chi connectivity index (χ3v) is 6.42. The number of rotatable bonds is 11. The fraction of sp³-hybridized carbons (Fsp3) is 0.292. The molecule has 0 spiro atoms. The average molecular weight is 522 g/mol. The fourth-order valence-electron chi connectivity index (χ4n) is 2.94. The van der Waals surface area contributed by atoms with Crippen LogP contribution in [0.3, 0.4) is 0 Å². The summed E-state index contributed by atoms with van der Waals surface area (Å²) in [7, 11) is -2.87. The smallest absolute Gasteiger partial charge is 0.325 e. The van der Waals surface area contributed by atoms with E-state index in [2.05, 4.69) is 20.1 Å². The van der Waals surface area contributed by atoms with Gasteiger partial charge in [-0.3, -0.25) is 14.4 Å². The van der Waals surface area contributed by atoms with Crippen molar-refractivity contribution in [2.75, 3.05) is 19.0 Å². The molecule has 0 unspecified atom stereocenters. The number of halogens is 1. The van der Waals surface area contributed by atoms with Crippen molar-refractivity contribution in [2.24, 2.45) is 5.92 Å². The quantitative estimate of drug-likeness (QED) is 0.308. The highest BCUT2D eigenvalue weighted by molar-refractivity contribution is 7.89. The number of ether oxygens (including phenoxy) is 1. The summed E-state index contributed by atoms with van der Waals surface area (Å²) >= 11 is 5.84. The van der Waals surface area contributed by atoms with Gasteiger partial charge in [-0.15, -0.1) is 0 Å². The van der Waals surface area contributed by atoms with Crippen LogP contribution in [-0.2, 0) is 29.1 Å². The van der Waals surface area contributed by atoms with E-state index >= 15 is 0 Å². The SMILES string of the molecule is COC(=O)CNC(=O)[C@H](CC(C)C)NS(=O)(=O)c1ccc(NC(=O)/C=C/c2ccc(Cl)cc2)cc1. The summed E-state index contributed by atoms with van der Waals surface area (Å²) in [5.74, 6) is -1.67. The van der Waals surface area contributed by atoms with Gasteiger partial charge in [-0.25, -0.2) is 8.42 Å². The normalized spacial score (nSPS) is 12.4. The van der Waals surface area contributed by atoms with Gasteiger partial charge in [-0.1, -0.05) is 37.6 Å². The first kappa shape index (κ1) is 28.0. The van der Waals surface area contributed by atoms with E-state index in [0.29, 0.717) is 10.7 Å². The molecule has 0 aliphatic heterocycles. The zero-order chi connectivity index (χ0) is 26.0. The van der Waals surface area contributed by atoms with Gasteiger partial charge in [0.25, 0.3) is 0 Å². The Bertz CT molecular complexity index is 1160. The summed E-state index contributed by atoms with van der Waals surface area (Å²) in [5.41, 5.74) is 1.19. The highest BCUT2D eigenvalue weighted by Gasteiger charge is 2.27. The molecule has 0 aliphatic rings. The van der Waals surface area contributed by atoms with E-state index in [0.717, 1.165) is 5.56 Å². The number of benzene rings is 2. The second kappa shape index (κ2) is 13.0. The average Bonchev–Trinajstić information content (AvgIpc) is 2.81. The largest absolute Gasteiger partial charge is 0.468 e. The molecule has 2 rings (SSSR count). The third kappa shape index (κ3) is 9.51. The lowest BCUT2D eigenvalue weighted by Gasteiger charge is -2.20. The van der Waals surface area contributed by atoms with Crippen LogP contribution in [0, 0.1) is 5.92 Å². The van der Waals surface area contributed by atoms with E-state index in [1.54, 1.807) is 30.3 Å². The first-order valence-electron chi connectivity index (χ1n) is 10.7. The summed E-state index contributed by atoms with van der Waals surface area (Å²) in [5, 5.41) is 5.61. The summed E-state index contributed by atoms with van der Waals surface area (Å²) in [6.45, 7) is 3.31. The molecule has 2 aromatic rings. The van der Waals surface area contributed by atoms with Gasteiger partial charge in [0.2, 0.25) is 21.8 Å². The maximum Gasteiger partial charge on any atom is 0.325 e. The predicted octanol–water partition coefficient (Wildman–Crippen LogP) is 2.97. The van der Waals surface area contributed by atoms with Crippen LogP contribution in [0.5, 0.6) is 0 Å². The van der Waals surface area contributed by atoms with Crippen LogP contribution in [0.15, 0.2) is 59.5 Å². The summed E-state index contributed by atoms with van der Waals surface area (Å²) < 4.78 is 32.6. The van der Waals surface area contributed by atoms with Crippen LogP contribution >= 0.6 is 11.6 Å². The number of esters is 1. The molecular weight excluding hydrogens is 494 g/mol. The van der Waals surface area contributed by atoms with Gasteiger partial charge in [-0.05, 0) is 60.4 Å². The highest BCUT2D eigenvalue weighted by Crippen LogP contribution is 2.16. The molecule has 188 valence electrons. The molecule has 11 heteroatoms. The fourth-order valence-corrected chi connectivity index (χ4v) is 4.27. The van der Waals surface area contributed by atoms with Crippen molar-refractivity contribution in [3.8, 4) is 0 Å². The van der Waals surface area contributed by atoms with Crippen LogP contribution in [0.2, 0.25) is 5.02 Å². The van der Waals surface area contributed by atoms with Crippen LogP contribution in [-0.4, -0.2) is 45.9 Å². The van der Waals surface area contributed by atoms with E-state index in [1.165, 1.54) is 37.5 Å². The number of hydrogen-bond donors (Lipinski definition) is 3. The molecular formula is C24H28ClN3O6S. The van der Waals surface area contributed by atoms with Gasteiger partial charge in [0, 0.05) is 16.8 Å². The maximum atomic E-state index is 12.8. The minimum atomic E-state index is -4.05. The topological polar surface area (TPSA) is 131 Å². The molecule has 0 aromatic heterocycles. The molecule has 0 saturated carbocycles. The molecule has 2 amide bonds. The molecule has 35 heavy (non-hydrogen) atoms. The maximum absolute atomic E-state index is 12.8. The summed E-state index contributed by atoms with van der Waals surface area (Å²) in [4.78, 5) is 35.8. The molecule has 0 saturated heterocycles. The lowest BCUT2D eigenvalue weighted by Crippen LogP contribution is -2.48. The molecule has 3 N–H and O–H groups in total. The first-order chi connectivity index (χ1) is 16.5. The van der Waals surface area contributed by atoms with Gasteiger partial charge in [-0.2, -0.15) is 4.72 Å². The predicted molar refractivity (Wildman–Crippen MR) is 134 cm³/mol. The van der Waals surface area contributed by atoms with Crippen LogP contribution < -0.4 is 15.4 Å². The third-order valence-electron chi connectivity index (χ3n) is 4.68. The van der Waals surface area contributed by atoms with Crippen molar-refractivity contribution in [2.45, 2.75) is 31.2 Å². The molecule has 2 aromatic carbocycles. The van der Waals surface area contributed by atoms with Gasteiger partial charge in [0.05, 0.1) is 12.0 Å².